The molecule has 0 bridgehead atoms. The number of hydrogen-bond acceptors (Lipinski definition) is 1. The van der Waals surface area contributed by atoms with Gasteiger partial charge in [0.25, 0.3) is 0 Å². The minimum atomic E-state index is -0.188. The summed E-state index contributed by atoms with van der Waals surface area (Å²) in [6.45, 7) is 0.541. The molecule has 1 aliphatic heterocycles. The van der Waals surface area contributed by atoms with Crippen molar-refractivity contribution < 1.29 is 6.17 Å². The van der Waals surface area contributed by atoms with Crippen LogP contribution in [0.3, 0.4) is 0 Å². The fraction of sp³-hybridized carbons (Fsp3) is 0.750. The number of rotatable bonds is 0. The minimum absolute atomic E-state index is 0.0139. The molecule has 34 valence electrons. The Kier molecular flexibility index (Phi) is 0.560. The topological polar surface area (TPSA) is 29.1 Å². The van der Waals surface area contributed by atoms with Gasteiger partial charge in [0.1, 0.15) is 0 Å². The lowest BCUT2D eigenvalue weighted by molar-refractivity contribution is -0.119. The molecule has 0 aromatic rings. The zero-order valence-corrected chi connectivity index (χ0v) is 3.40. The number of carbonyl (C=O) groups excluding carboxylic acids is 1. The maximum Gasteiger partial charge on any atom is 0.220 e. The molecule has 1 fully saturated rings. The van der Waals surface area contributed by atoms with Gasteiger partial charge in [-0.05, 0) is 6.40 Å². The molecule has 1 saturated heterocycles. The van der Waals surface area contributed by atoms with Gasteiger partial charge >= 0.3 is 0 Å². The lowest BCUT2D eigenvalue weighted by Gasteiger charge is -1.80. The number of carbonyl (C=O) groups is 1. The maximum atomic E-state index is 10.2. The summed E-state index contributed by atoms with van der Waals surface area (Å²) in [5.74, 6) is 0.0139. The third-order valence-corrected chi connectivity index (χ3v) is 0.773. The molecule has 1 atom stereocenters. The fourth-order valence-corrected chi connectivity index (χ4v) is 0.461. The lowest BCUT2D eigenvalue weighted by atomic mass is 10.4. The third-order valence-electron chi connectivity index (χ3n) is 0.773. The summed E-state index contributed by atoms with van der Waals surface area (Å²) in [4.78, 5) is 10.2. The molecule has 2 heteroatoms. The Bertz CT molecular complexity index is 93.7. The maximum absolute atomic E-state index is 10.2. The molecule has 1 unspecified atom stereocenters. The van der Waals surface area contributed by atoms with E-state index in [-0.39, 0.29) is 12.3 Å². The van der Waals surface area contributed by atoms with Crippen molar-refractivity contribution in [2.24, 2.45) is 0 Å². The Balaban J connectivity index is 2.40. The Morgan fingerprint density at radius 3 is 3.00 bits per heavy atom. The monoisotopic (exact) mass is 86.1 g/mol. The van der Waals surface area contributed by atoms with Gasteiger partial charge in [0.15, 0.2) is 0 Å². The van der Waals surface area contributed by atoms with Gasteiger partial charge < -0.3 is 5.32 Å². The van der Waals surface area contributed by atoms with Gasteiger partial charge in [-0.2, -0.15) is 0 Å². The number of hydrogen-bond donors (Lipinski definition) is 1. The second-order valence-corrected chi connectivity index (χ2v) is 1.30. The predicted molar refractivity (Wildman–Crippen MR) is 22.2 cm³/mol. The van der Waals surface area contributed by atoms with Crippen molar-refractivity contribution in [2.75, 3.05) is 6.54 Å². The zero-order valence-electron chi connectivity index (χ0n) is 4.40. The van der Waals surface area contributed by atoms with E-state index in [0.717, 1.165) is 0 Å². The van der Waals surface area contributed by atoms with Gasteiger partial charge in [-0.15, -0.1) is 0 Å². The molecule has 0 aliphatic carbocycles. The van der Waals surface area contributed by atoms with E-state index in [1.165, 1.54) is 0 Å². The predicted octanol–water partition coefficient (Wildman–Crippen LogP) is -0.104. The average molecular weight is 86.1 g/mol. The smallest absolute Gasteiger partial charge is 0.220 e. The number of amides is 1. The van der Waals surface area contributed by atoms with Crippen molar-refractivity contribution in [3.05, 3.63) is 0 Å². The van der Waals surface area contributed by atoms with Crippen LogP contribution in [0.5, 0.6) is 0 Å². The second kappa shape index (κ2) is 1.29. The van der Waals surface area contributed by atoms with Crippen molar-refractivity contribution in [3.8, 4) is 0 Å². The summed E-state index contributed by atoms with van der Waals surface area (Å²) in [5.41, 5.74) is 0. The normalized spacial score (nSPS) is 35.7. The molecule has 0 aromatic carbocycles. The molecule has 1 amide bonds. The number of nitrogens with one attached hydrogen (secondary N) is 1. The van der Waals surface area contributed by atoms with Gasteiger partial charge in [0.05, 0.1) is 0 Å². The van der Waals surface area contributed by atoms with Crippen LogP contribution < -0.4 is 5.32 Å². The Morgan fingerprint density at radius 1 is 2.00 bits per heavy atom. The van der Waals surface area contributed by atoms with Crippen molar-refractivity contribution in [3.63, 3.8) is 0 Å². The van der Waals surface area contributed by atoms with Crippen LogP contribution in [0.25, 0.3) is 0 Å². The van der Waals surface area contributed by atoms with E-state index < -0.39 is 0 Å². The summed E-state index contributed by atoms with van der Waals surface area (Å²) in [7, 11) is 0. The van der Waals surface area contributed by atoms with Crippen LogP contribution in [0.15, 0.2) is 0 Å². The Morgan fingerprint density at radius 2 is 2.83 bits per heavy atom. The molecule has 0 aromatic heterocycles. The molecule has 1 rings (SSSR count). The zero-order chi connectivity index (χ0) is 5.28. The van der Waals surface area contributed by atoms with Crippen LogP contribution in [0, 0.1) is 0 Å². The largest absolute Gasteiger partial charge is 0.356 e. The minimum Gasteiger partial charge on any atom is -0.356 e. The Hall–Kier alpha value is -0.530. The summed E-state index contributed by atoms with van der Waals surface area (Å²) in [6.07, 6.45) is 0.201. The quantitative estimate of drug-likeness (QED) is 0.438. The molecule has 0 spiro atoms. The first-order valence-corrected chi connectivity index (χ1v) is 1.98. The highest BCUT2D eigenvalue weighted by atomic mass is 16.1. The Labute approximate surface area is 37.9 Å². The van der Waals surface area contributed by atoms with Crippen LogP contribution in [-0.4, -0.2) is 12.5 Å². The highest BCUT2D eigenvalue weighted by molar-refractivity contribution is 5.77. The summed E-state index contributed by atoms with van der Waals surface area (Å²) >= 11 is 0. The first kappa shape index (κ1) is 2.61. The molecule has 6 heavy (non-hydrogen) atoms. The van der Waals surface area contributed by atoms with E-state index in [2.05, 4.69) is 5.32 Å². The molecule has 1 N–H and O–H groups in total. The van der Waals surface area contributed by atoms with E-state index in [9.17, 15) is 4.79 Å². The van der Waals surface area contributed by atoms with E-state index >= 15 is 0 Å². The highest BCUT2D eigenvalue weighted by Crippen LogP contribution is 1.93. The summed E-state index contributed by atoms with van der Waals surface area (Å²) < 4.78 is 6.98. The van der Waals surface area contributed by atoms with Gasteiger partial charge in [0, 0.05) is 14.3 Å². The van der Waals surface area contributed by atoms with Gasteiger partial charge in [-0.25, -0.2) is 0 Å². The van der Waals surface area contributed by atoms with Crippen LogP contribution in [-0.2, 0) is 4.79 Å². The highest BCUT2D eigenvalue weighted by Gasteiger charge is 2.05. The lowest BCUT2D eigenvalue weighted by Crippen LogP contribution is -2.12. The van der Waals surface area contributed by atoms with Crippen LogP contribution in [0.4, 0.5) is 0 Å². The first-order chi connectivity index (χ1) is 3.29. The van der Waals surface area contributed by atoms with Crippen LogP contribution in [0.2, 0.25) is 0 Å². The molecule has 0 radical (unpaired) electrons. The van der Waals surface area contributed by atoms with Crippen molar-refractivity contribution in [2.45, 2.75) is 12.8 Å². The van der Waals surface area contributed by atoms with Gasteiger partial charge in [0.2, 0.25) is 5.91 Å². The van der Waals surface area contributed by atoms with Gasteiger partial charge in [-0.3, -0.25) is 4.79 Å². The first-order valence-electron chi connectivity index (χ1n) is 2.56. The van der Waals surface area contributed by atoms with E-state index in [1.807, 2.05) is 0 Å². The molecule has 1 aliphatic rings. The van der Waals surface area contributed by atoms with Crippen LogP contribution >= 0.6 is 0 Å². The van der Waals surface area contributed by atoms with E-state index in [0.29, 0.717) is 13.0 Å². The summed E-state index contributed by atoms with van der Waals surface area (Å²) in [5, 5.41) is 2.54. The van der Waals surface area contributed by atoms with Crippen LogP contribution in [0.1, 0.15) is 14.2 Å². The van der Waals surface area contributed by atoms with E-state index in [1.54, 1.807) is 0 Å². The molecule has 0 saturated carbocycles. The standard InChI is InChI=1S/C4H7NO/c6-4-2-1-3-5-4/h1-3H2,(H,5,6)/i1D. The molecule has 1 heterocycles. The van der Waals surface area contributed by atoms with Crippen molar-refractivity contribution in [1.82, 2.24) is 5.32 Å². The van der Waals surface area contributed by atoms with Crippen molar-refractivity contribution in [1.29, 1.82) is 0 Å². The molecular weight excluding hydrogens is 78.0 g/mol. The fourth-order valence-electron chi connectivity index (χ4n) is 0.461. The van der Waals surface area contributed by atoms with Gasteiger partial charge in [-0.1, -0.05) is 0 Å². The third kappa shape index (κ3) is 0.506. The van der Waals surface area contributed by atoms with Crippen molar-refractivity contribution >= 4 is 5.91 Å². The van der Waals surface area contributed by atoms with E-state index in [4.69, 9.17) is 1.37 Å². The second-order valence-electron chi connectivity index (χ2n) is 1.30. The molecule has 2 nitrogen and oxygen atoms in total. The SMILES string of the molecule is [2H]C1CNC(=O)C1. The summed E-state index contributed by atoms with van der Waals surface area (Å²) in [6, 6.07) is 0. The average Bonchev–Trinajstić information content (AvgIpc) is 1.87. The molecular formula is C4H7NO.